The fraction of sp³-hybridized carbons (Fsp3) is 0.621. The van der Waals surface area contributed by atoms with E-state index < -0.39 is 19.9 Å². The summed E-state index contributed by atoms with van der Waals surface area (Å²) in [6, 6.07) is 5.66. The van der Waals surface area contributed by atoms with Crippen LogP contribution in [0.2, 0.25) is 0 Å². The number of likely N-dealkylation sites (N-methyl/N-ethyl adjacent to an activating group) is 1. The zero-order chi connectivity index (χ0) is 33.1. The summed E-state index contributed by atoms with van der Waals surface area (Å²) in [7, 11) is -2.68. The third kappa shape index (κ3) is 6.59. The van der Waals surface area contributed by atoms with Crippen LogP contribution < -0.4 is 26.0 Å². The predicted octanol–water partition coefficient (Wildman–Crippen LogP) is 2.70. The van der Waals surface area contributed by atoms with Crippen molar-refractivity contribution in [1.29, 1.82) is 0 Å². The number of benzene rings is 1. The van der Waals surface area contributed by atoms with Gasteiger partial charge in [-0.15, -0.1) is 0 Å². The Morgan fingerprint density at radius 1 is 1.10 bits per heavy atom. The monoisotopic (exact) mass is 558 g/mol. The first-order valence-corrected chi connectivity index (χ1v) is 14.2. The molecule has 11 nitrogen and oxygen atoms in total. The molecule has 4 heterocycles. The van der Waals surface area contributed by atoms with Crippen molar-refractivity contribution in [1.82, 2.24) is 19.8 Å². The Hall–Kier alpha value is -3.15. The molecule has 1 aromatic heterocycles. The van der Waals surface area contributed by atoms with Gasteiger partial charge in [0.15, 0.2) is 17.3 Å². The van der Waals surface area contributed by atoms with Crippen LogP contribution in [0.3, 0.4) is 0 Å². The standard InChI is InChI=1S/C29H44N8O3/c1-4-23-28(31-20-9-17-40-18-10-20)34-29(26(33-23)27(30)38)32-21-5-6-24(25(19-21)39-3)37-11-7-22(8-12-37)36-15-13-35(2)14-16-36/h5-6,19-20,22H,4,7-18H2,1-3H3,(H2,30,38)(H2,31,32,34)/i2D3,3D3. The topological polar surface area (TPSA) is 121 Å². The number of nitrogens with two attached hydrogens (primary N) is 1. The van der Waals surface area contributed by atoms with Crippen molar-refractivity contribution in [2.24, 2.45) is 5.73 Å². The average molecular weight is 559 g/mol. The number of piperidine rings is 1. The van der Waals surface area contributed by atoms with Crippen LogP contribution in [0.15, 0.2) is 18.2 Å². The van der Waals surface area contributed by atoms with Gasteiger partial charge in [-0.2, -0.15) is 0 Å². The highest BCUT2D eigenvalue weighted by molar-refractivity contribution is 5.96. The highest BCUT2D eigenvalue weighted by Crippen LogP contribution is 2.35. The van der Waals surface area contributed by atoms with Crippen LogP contribution in [0.25, 0.3) is 0 Å². The highest BCUT2D eigenvalue weighted by atomic mass is 16.5. The van der Waals surface area contributed by atoms with Crippen molar-refractivity contribution in [2.45, 2.75) is 51.1 Å². The maximum atomic E-state index is 12.4. The Morgan fingerprint density at radius 2 is 1.88 bits per heavy atom. The van der Waals surface area contributed by atoms with E-state index in [9.17, 15) is 4.79 Å². The summed E-state index contributed by atoms with van der Waals surface area (Å²) in [5.74, 6) is 0.154. The number of rotatable bonds is 9. The molecule has 3 aliphatic heterocycles. The molecule has 0 aliphatic carbocycles. The highest BCUT2D eigenvalue weighted by Gasteiger charge is 2.28. The number of aryl methyl sites for hydroxylation is 1. The first-order chi connectivity index (χ1) is 21.8. The van der Waals surface area contributed by atoms with Crippen molar-refractivity contribution in [2.75, 3.05) is 82.0 Å². The molecular weight excluding hydrogens is 508 g/mol. The van der Waals surface area contributed by atoms with E-state index >= 15 is 0 Å². The summed E-state index contributed by atoms with van der Waals surface area (Å²) < 4.78 is 57.4. The van der Waals surface area contributed by atoms with Crippen LogP contribution in [-0.2, 0) is 11.2 Å². The molecule has 218 valence electrons. The fourth-order valence-corrected chi connectivity index (χ4v) is 5.76. The molecule has 0 radical (unpaired) electrons. The first-order valence-electron chi connectivity index (χ1n) is 17.2. The molecule has 40 heavy (non-hydrogen) atoms. The number of nitrogens with one attached hydrogen (secondary N) is 2. The van der Waals surface area contributed by atoms with E-state index in [0.29, 0.717) is 87.8 Å². The molecule has 1 amide bonds. The van der Waals surface area contributed by atoms with Gasteiger partial charge in [-0.3, -0.25) is 9.69 Å². The van der Waals surface area contributed by atoms with E-state index in [1.54, 1.807) is 23.1 Å². The number of piperazine rings is 1. The van der Waals surface area contributed by atoms with Gasteiger partial charge in [0.25, 0.3) is 5.91 Å². The third-order valence-electron chi connectivity index (χ3n) is 8.07. The Balaban J connectivity index is 1.33. The van der Waals surface area contributed by atoms with Gasteiger partial charge < -0.3 is 35.6 Å². The molecule has 0 atom stereocenters. The van der Waals surface area contributed by atoms with Crippen molar-refractivity contribution in [3.8, 4) is 5.75 Å². The molecule has 3 aliphatic rings. The minimum Gasteiger partial charge on any atom is -0.495 e. The SMILES string of the molecule is [2H]C([2H])([2H])Oc1cc(Nc2nc(NC3CCOCC3)c(CC)nc2C(N)=O)ccc1N1CCC(N2CCN(C([2H])([2H])[2H])CC2)CC1. The van der Waals surface area contributed by atoms with Crippen LogP contribution in [0.5, 0.6) is 5.75 Å². The molecule has 0 saturated carbocycles. The summed E-state index contributed by atoms with van der Waals surface area (Å²) in [4.78, 5) is 27.7. The Bertz CT molecular complexity index is 1360. The zero-order valence-corrected chi connectivity index (χ0v) is 23.1. The summed E-state index contributed by atoms with van der Waals surface area (Å²) in [6.45, 7) is 4.97. The quantitative estimate of drug-likeness (QED) is 0.424. The summed E-state index contributed by atoms with van der Waals surface area (Å²) >= 11 is 0. The van der Waals surface area contributed by atoms with Crippen LogP contribution in [0.4, 0.5) is 23.0 Å². The normalized spacial score (nSPS) is 22.8. The lowest BCUT2D eigenvalue weighted by Crippen LogP contribution is -2.52. The van der Waals surface area contributed by atoms with Crippen molar-refractivity contribution < 1.29 is 22.5 Å². The molecule has 11 heteroatoms. The van der Waals surface area contributed by atoms with Gasteiger partial charge >= 0.3 is 0 Å². The van der Waals surface area contributed by atoms with E-state index in [1.807, 2.05) is 6.92 Å². The zero-order valence-electron chi connectivity index (χ0n) is 29.1. The van der Waals surface area contributed by atoms with E-state index in [-0.39, 0.29) is 23.3 Å². The average Bonchev–Trinajstić information content (AvgIpc) is 3.01. The molecule has 3 fully saturated rings. The molecule has 3 saturated heterocycles. The van der Waals surface area contributed by atoms with Crippen LogP contribution in [0, 0.1) is 0 Å². The van der Waals surface area contributed by atoms with E-state index in [2.05, 4.69) is 25.4 Å². The second kappa shape index (κ2) is 13.0. The lowest BCUT2D eigenvalue weighted by Gasteiger charge is -2.42. The minimum atomic E-state index is -2.68. The van der Waals surface area contributed by atoms with Gasteiger partial charge in [0.05, 0.1) is 22.5 Å². The lowest BCUT2D eigenvalue weighted by molar-refractivity contribution is 0.0903. The van der Waals surface area contributed by atoms with Gasteiger partial charge in [-0.1, -0.05) is 6.92 Å². The van der Waals surface area contributed by atoms with Crippen LogP contribution >= 0.6 is 0 Å². The molecule has 0 spiro atoms. The second-order valence-corrected chi connectivity index (χ2v) is 10.6. The van der Waals surface area contributed by atoms with Gasteiger partial charge in [0, 0.05) is 80.4 Å². The molecule has 5 rings (SSSR count). The fourth-order valence-electron chi connectivity index (χ4n) is 5.76. The number of methoxy groups -OCH3 is 1. The van der Waals surface area contributed by atoms with Gasteiger partial charge in [-0.05, 0) is 51.2 Å². The lowest BCUT2D eigenvalue weighted by atomic mass is 10.0. The molecule has 0 unspecified atom stereocenters. The van der Waals surface area contributed by atoms with Crippen molar-refractivity contribution in [3.05, 3.63) is 29.6 Å². The van der Waals surface area contributed by atoms with Gasteiger partial charge in [0.1, 0.15) is 5.75 Å². The smallest absolute Gasteiger partial charge is 0.271 e. The Labute approximate surface area is 245 Å². The number of hydrogen-bond donors (Lipinski definition) is 3. The number of carbonyl (C=O) groups is 1. The van der Waals surface area contributed by atoms with Crippen LogP contribution in [0.1, 0.15) is 57.0 Å². The second-order valence-electron chi connectivity index (χ2n) is 10.6. The molecule has 1 aromatic carbocycles. The summed E-state index contributed by atoms with van der Waals surface area (Å²) in [6.07, 6.45) is 3.89. The third-order valence-corrected chi connectivity index (χ3v) is 8.07. The number of nitrogens with zero attached hydrogens (tertiary/aromatic N) is 5. The summed E-state index contributed by atoms with van der Waals surface area (Å²) in [5, 5.41) is 6.57. The molecule has 2 aromatic rings. The first kappa shape index (κ1) is 21.6. The maximum Gasteiger partial charge on any atom is 0.271 e. The number of hydrogen-bond acceptors (Lipinski definition) is 10. The number of amides is 1. The largest absolute Gasteiger partial charge is 0.495 e. The summed E-state index contributed by atoms with van der Waals surface area (Å²) in [5.41, 5.74) is 7.41. The number of primary amides is 1. The molecule has 4 N–H and O–H groups in total. The van der Waals surface area contributed by atoms with E-state index in [1.165, 1.54) is 0 Å². The number of carbonyl (C=O) groups excluding carboxylic acids is 1. The molecule has 0 bridgehead atoms. The van der Waals surface area contributed by atoms with Gasteiger partial charge in [-0.25, -0.2) is 9.97 Å². The number of anilines is 4. The van der Waals surface area contributed by atoms with Crippen LogP contribution in [-0.4, -0.2) is 104 Å². The Morgan fingerprint density at radius 3 is 2.55 bits per heavy atom. The predicted molar refractivity (Wildman–Crippen MR) is 158 cm³/mol. The maximum absolute atomic E-state index is 12.4. The molecular formula is C29H44N8O3. The van der Waals surface area contributed by atoms with E-state index in [0.717, 1.165) is 25.7 Å². The number of aromatic nitrogens is 2. The van der Waals surface area contributed by atoms with E-state index in [4.69, 9.17) is 28.4 Å². The van der Waals surface area contributed by atoms with Crippen molar-refractivity contribution >= 4 is 28.9 Å². The van der Waals surface area contributed by atoms with Gasteiger partial charge in [0.2, 0.25) is 0 Å². The van der Waals surface area contributed by atoms with Crippen molar-refractivity contribution in [3.63, 3.8) is 0 Å². The Kier molecular flexibility index (Phi) is 7.02. The number of ether oxygens (including phenoxy) is 2. The minimum absolute atomic E-state index is 0.0153.